The van der Waals surface area contributed by atoms with Crippen molar-refractivity contribution in [3.05, 3.63) is 0 Å². The first-order valence-corrected chi connectivity index (χ1v) is 4.73. The molecular formula is C8H10F10O2. The Bertz CT molecular complexity index is 241. The molecule has 0 bridgehead atoms. The fourth-order valence-corrected chi connectivity index (χ4v) is 0.564. The summed E-state index contributed by atoms with van der Waals surface area (Å²) < 4.78 is 114. The van der Waals surface area contributed by atoms with Gasteiger partial charge in [0.25, 0.3) is 0 Å². The number of rotatable bonds is 4. The number of aliphatic hydroxyl groups is 2. The van der Waals surface area contributed by atoms with Crippen LogP contribution in [-0.2, 0) is 0 Å². The summed E-state index contributed by atoms with van der Waals surface area (Å²) in [5, 5.41) is 15.6. The summed E-state index contributed by atoms with van der Waals surface area (Å²) in [5.41, 5.74) is 0. The first-order valence-electron chi connectivity index (χ1n) is 4.73. The Morgan fingerprint density at radius 3 is 0.750 bits per heavy atom. The standard InChI is InChI=1S/2C4H5F5O/c2*5-3(6,1-2-10)4(7,8)9/h2*10H,1-2H2. The molecule has 0 saturated carbocycles. The van der Waals surface area contributed by atoms with E-state index in [9.17, 15) is 43.9 Å². The van der Waals surface area contributed by atoms with Crippen molar-refractivity contribution in [2.75, 3.05) is 13.2 Å². The van der Waals surface area contributed by atoms with E-state index in [1.54, 1.807) is 0 Å². The molecule has 0 rings (SSSR count). The van der Waals surface area contributed by atoms with E-state index in [-0.39, 0.29) is 0 Å². The maximum atomic E-state index is 11.6. The van der Waals surface area contributed by atoms with E-state index < -0.39 is 50.3 Å². The molecular weight excluding hydrogens is 318 g/mol. The van der Waals surface area contributed by atoms with E-state index in [0.717, 1.165) is 0 Å². The Hall–Kier alpha value is -0.780. The van der Waals surface area contributed by atoms with Crippen LogP contribution in [0.15, 0.2) is 0 Å². The third kappa shape index (κ3) is 7.12. The molecule has 0 unspecified atom stereocenters. The van der Waals surface area contributed by atoms with Crippen LogP contribution in [0.2, 0.25) is 0 Å². The van der Waals surface area contributed by atoms with E-state index in [4.69, 9.17) is 10.2 Å². The van der Waals surface area contributed by atoms with E-state index in [2.05, 4.69) is 0 Å². The van der Waals surface area contributed by atoms with E-state index in [1.807, 2.05) is 0 Å². The maximum Gasteiger partial charge on any atom is 0.453 e. The molecule has 12 heteroatoms. The monoisotopic (exact) mass is 328 g/mol. The quantitative estimate of drug-likeness (QED) is 0.779. The van der Waals surface area contributed by atoms with Crippen LogP contribution in [-0.4, -0.2) is 47.6 Å². The second-order valence-corrected chi connectivity index (χ2v) is 3.35. The maximum absolute atomic E-state index is 11.6. The van der Waals surface area contributed by atoms with Crippen molar-refractivity contribution < 1.29 is 54.1 Å². The minimum Gasteiger partial charge on any atom is -0.396 e. The van der Waals surface area contributed by atoms with Crippen molar-refractivity contribution in [2.45, 2.75) is 37.0 Å². The highest BCUT2D eigenvalue weighted by molar-refractivity contribution is 4.75. The highest BCUT2D eigenvalue weighted by Crippen LogP contribution is 2.38. The first kappa shape index (κ1) is 21.5. The van der Waals surface area contributed by atoms with Gasteiger partial charge >= 0.3 is 24.2 Å². The Balaban J connectivity index is 0. The third-order valence-corrected chi connectivity index (χ3v) is 1.68. The van der Waals surface area contributed by atoms with Gasteiger partial charge in [0.1, 0.15) is 0 Å². The Kier molecular flexibility index (Phi) is 7.84. The van der Waals surface area contributed by atoms with Gasteiger partial charge in [-0.05, 0) is 0 Å². The zero-order valence-electron chi connectivity index (χ0n) is 9.50. The molecule has 124 valence electrons. The molecule has 0 aliphatic carbocycles. The second-order valence-electron chi connectivity index (χ2n) is 3.35. The van der Waals surface area contributed by atoms with Crippen LogP contribution in [0.1, 0.15) is 12.8 Å². The fraction of sp³-hybridized carbons (Fsp3) is 1.00. The van der Waals surface area contributed by atoms with Gasteiger partial charge in [-0.2, -0.15) is 43.9 Å². The molecule has 0 amide bonds. The fourth-order valence-electron chi connectivity index (χ4n) is 0.564. The summed E-state index contributed by atoms with van der Waals surface area (Å²) in [7, 11) is 0. The lowest BCUT2D eigenvalue weighted by Gasteiger charge is -2.17. The van der Waals surface area contributed by atoms with Crippen LogP contribution in [0.4, 0.5) is 43.9 Å². The normalized spacial score (nSPS) is 13.8. The molecule has 20 heavy (non-hydrogen) atoms. The summed E-state index contributed by atoms with van der Waals surface area (Å²) in [6, 6.07) is 0. The van der Waals surface area contributed by atoms with Gasteiger partial charge in [-0.15, -0.1) is 0 Å². The molecule has 0 fully saturated rings. The lowest BCUT2D eigenvalue weighted by Crippen LogP contribution is -2.37. The molecule has 2 N–H and O–H groups in total. The van der Waals surface area contributed by atoms with Crippen LogP contribution >= 0.6 is 0 Å². The summed E-state index contributed by atoms with van der Waals surface area (Å²) in [5.74, 6) is -9.52. The molecule has 0 atom stereocenters. The molecule has 0 aliphatic rings. The van der Waals surface area contributed by atoms with Crippen LogP contribution in [0.25, 0.3) is 0 Å². The molecule has 0 radical (unpaired) electrons. The van der Waals surface area contributed by atoms with Crippen LogP contribution in [0, 0.1) is 0 Å². The lowest BCUT2D eigenvalue weighted by atomic mass is 10.2. The molecule has 0 aromatic carbocycles. The van der Waals surface area contributed by atoms with Gasteiger partial charge in [-0.3, -0.25) is 0 Å². The molecule has 0 heterocycles. The van der Waals surface area contributed by atoms with Crippen molar-refractivity contribution in [2.24, 2.45) is 0 Å². The molecule has 2 nitrogen and oxygen atoms in total. The van der Waals surface area contributed by atoms with Crippen molar-refractivity contribution >= 4 is 0 Å². The highest BCUT2D eigenvalue weighted by atomic mass is 19.4. The number of hydrogen-bond acceptors (Lipinski definition) is 2. The summed E-state index contributed by atoms with van der Waals surface area (Å²) >= 11 is 0. The van der Waals surface area contributed by atoms with E-state index in [1.165, 1.54) is 0 Å². The van der Waals surface area contributed by atoms with Gasteiger partial charge in [-0.1, -0.05) is 0 Å². The summed E-state index contributed by atoms with van der Waals surface area (Å²) in [6.45, 7) is -2.35. The minimum atomic E-state index is -5.55. The molecule has 0 aliphatic heterocycles. The van der Waals surface area contributed by atoms with Crippen molar-refractivity contribution in [3.8, 4) is 0 Å². The van der Waals surface area contributed by atoms with Crippen molar-refractivity contribution in [1.29, 1.82) is 0 Å². The second kappa shape index (κ2) is 7.29. The zero-order chi connectivity index (χ0) is 16.8. The molecule has 0 saturated heterocycles. The Morgan fingerprint density at radius 1 is 0.500 bits per heavy atom. The predicted octanol–water partition coefficient (Wildman–Crippen LogP) is 3.13. The Morgan fingerprint density at radius 2 is 0.700 bits per heavy atom. The minimum absolute atomic E-state index is 1.17. The third-order valence-electron chi connectivity index (χ3n) is 1.68. The van der Waals surface area contributed by atoms with Gasteiger partial charge in [0.15, 0.2) is 0 Å². The number of halogens is 10. The van der Waals surface area contributed by atoms with Crippen molar-refractivity contribution in [3.63, 3.8) is 0 Å². The van der Waals surface area contributed by atoms with Crippen molar-refractivity contribution in [1.82, 2.24) is 0 Å². The Labute approximate surface area is 106 Å². The SMILES string of the molecule is OCCC(F)(F)C(F)(F)F.OCCC(F)(F)C(F)(F)F. The topological polar surface area (TPSA) is 40.5 Å². The summed E-state index contributed by atoms with van der Waals surface area (Å²) in [4.78, 5) is 0. The smallest absolute Gasteiger partial charge is 0.396 e. The van der Waals surface area contributed by atoms with Gasteiger partial charge in [-0.25, -0.2) is 0 Å². The van der Waals surface area contributed by atoms with E-state index >= 15 is 0 Å². The van der Waals surface area contributed by atoms with Gasteiger partial charge in [0.2, 0.25) is 0 Å². The van der Waals surface area contributed by atoms with Gasteiger partial charge < -0.3 is 10.2 Å². The highest BCUT2D eigenvalue weighted by Gasteiger charge is 2.57. The molecule has 0 aromatic heterocycles. The van der Waals surface area contributed by atoms with Crippen LogP contribution in [0.5, 0.6) is 0 Å². The zero-order valence-corrected chi connectivity index (χ0v) is 9.50. The lowest BCUT2D eigenvalue weighted by molar-refractivity contribution is -0.286. The first-order chi connectivity index (χ1) is 8.62. The largest absolute Gasteiger partial charge is 0.453 e. The molecule has 0 aromatic rings. The predicted molar refractivity (Wildman–Crippen MR) is 45.4 cm³/mol. The number of hydrogen-bond donors (Lipinski definition) is 2. The van der Waals surface area contributed by atoms with Gasteiger partial charge in [0.05, 0.1) is 0 Å². The van der Waals surface area contributed by atoms with E-state index in [0.29, 0.717) is 0 Å². The van der Waals surface area contributed by atoms with Crippen LogP contribution < -0.4 is 0 Å². The van der Waals surface area contributed by atoms with Gasteiger partial charge in [0, 0.05) is 26.1 Å². The average Bonchev–Trinajstić information content (AvgIpc) is 2.14. The van der Waals surface area contributed by atoms with Crippen LogP contribution in [0.3, 0.4) is 0 Å². The average molecular weight is 328 g/mol. The molecule has 0 spiro atoms. The summed E-state index contributed by atoms with van der Waals surface area (Å²) in [6.07, 6.45) is -14.2. The number of aliphatic hydroxyl groups excluding tert-OH is 2. The number of alkyl halides is 10.